The number of ether oxygens (including phenoxy) is 2. The van der Waals surface area contributed by atoms with Gasteiger partial charge in [-0.25, -0.2) is 4.79 Å². The summed E-state index contributed by atoms with van der Waals surface area (Å²) in [5.74, 6) is -0.468. The Morgan fingerprint density at radius 1 is 1.27 bits per heavy atom. The average molecular weight is 209 g/mol. The van der Waals surface area contributed by atoms with Gasteiger partial charge in [0.1, 0.15) is 5.56 Å². The molecule has 0 saturated carbocycles. The van der Waals surface area contributed by atoms with Crippen LogP contribution in [-0.4, -0.2) is 24.3 Å². The number of hydrogen-bond donors (Lipinski definition) is 2. The lowest BCUT2D eigenvalue weighted by Crippen LogP contribution is -2.04. The maximum atomic E-state index is 10.9. The zero-order chi connectivity index (χ0) is 10.8. The summed E-state index contributed by atoms with van der Waals surface area (Å²) in [7, 11) is 0. The minimum Gasteiger partial charge on any atom is -0.489 e. The number of rotatable bonds is 1. The molecule has 5 nitrogen and oxygen atoms in total. The summed E-state index contributed by atoms with van der Waals surface area (Å²) in [6.45, 7) is 0.928. The predicted octanol–water partition coefficient (Wildman–Crippen LogP) is 1.13. The van der Waals surface area contributed by atoms with Crippen molar-refractivity contribution in [2.45, 2.75) is 6.42 Å². The van der Waals surface area contributed by atoms with Gasteiger partial charge < -0.3 is 20.3 Å². The third kappa shape index (κ3) is 1.68. The monoisotopic (exact) mass is 209 g/mol. The zero-order valence-corrected chi connectivity index (χ0v) is 8.03. The Morgan fingerprint density at radius 2 is 1.93 bits per heavy atom. The molecule has 0 bridgehead atoms. The molecule has 1 heterocycles. The molecular weight excluding hydrogens is 198 g/mol. The Morgan fingerprint density at radius 3 is 2.60 bits per heavy atom. The zero-order valence-electron chi connectivity index (χ0n) is 8.03. The molecule has 3 N–H and O–H groups in total. The highest BCUT2D eigenvalue weighted by molar-refractivity contribution is 5.93. The minimum absolute atomic E-state index is 0.0844. The number of anilines is 1. The van der Waals surface area contributed by atoms with Gasteiger partial charge in [-0.3, -0.25) is 0 Å². The van der Waals surface area contributed by atoms with Crippen molar-refractivity contribution in [3.8, 4) is 11.5 Å². The molecule has 0 fully saturated rings. The molecule has 0 atom stereocenters. The van der Waals surface area contributed by atoms with Crippen LogP contribution in [0.1, 0.15) is 16.8 Å². The van der Waals surface area contributed by atoms with E-state index in [4.69, 9.17) is 20.3 Å². The maximum absolute atomic E-state index is 10.9. The Kier molecular flexibility index (Phi) is 2.37. The fourth-order valence-corrected chi connectivity index (χ4v) is 1.45. The van der Waals surface area contributed by atoms with Gasteiger partial charge in [-0.15, -0.1) is 0 Å². The number of nitrogen functional groups attached to an aromatic ring is 1. The normalized spacial score (nSPS) is 14.4. The third-order valence-corrected chi connectivity index (χ3v) is 2.15. The smallest absolute Gasteiger partial charge is 0.339 e. The van der Waals surface area contributed by atoms with Crippen LogP contribution >= 0.6 is 0 Å². The first-order chi connectivity index (χ1) is 7.20. The Hall–Kier alpha value is -1.91. The second-order valence-corrected chi connectivity index (χ2v) is 3.22. The van der Waals surface area contributed by atoms with Gasteiger partial charge in [0.25, 0.3) is 0 Å². The van der Waals surface area contributed by atoms with Gasteiger partial charge in [0, 0.05) is 6.42 Å². The number of nitrogens with two attached hydrogens (primary N) is 1. The van der Waals surface area contributed by atoms with Gasteiger partial charge in [-0.1, -0.05) is 0 Å². The van der Waals surface area contributed by atoms with Gasteiger partial charge >= 0.3 is 5.97 Å². The number of aromatic carboxylic acids is 1. The molecule has 0 radical (unpaired) electrons. The highest BCUT2D eigenvalue weighted by Crippen LogP contribution is 2.38. The van der Waals surface area contributed by atoms with Gasteiger partial charge in [-0.2, -0.15) is 0 Å². The van der Waals surface area contributed by atoms with E-state index in [0.717, 1.165) is 0 Å². The average Bonchev–Trinajstić information content (AvgIpc) is 2.43. The first-order valence-electron chi connectivity index (χ1n) is 4.61. The number of hydrogen-bond acceptors (Lipinski definition) is 4. The summed E-state index contributed by atoms with van der Waals surface area (Å²) in [5.41, 5.74) is 6.17. The fraction of sp³-hybridized carbons (Fsp3) is 0.300. The molecule has 0 spiro atoms. The first kappa shape index (κ1) is 9.64. The molecule has 15 heavy (non-hydrogen) atoms. The second-order valence-electron chi connectivity index (χ2n) is 3.22. The molecule has 0 unspecified atom stereocenters. The molecule has 1 aromatic rings. The Labute approximate surface area is 86.4 Å². The summed E-state index contributed by atoms with van der Waals surface area (Å²) >= 11 is 0. The molecule has 2 rings (SSSR count). The van der Waals surface area contributed by atoms with Gasteiger partial charge in [0.05, 0.1) is 18.9 Å². The second kappa shape index (κ2) is 3.68. The van der Waals surface area contributed by atoms with E-state index in [0.29, 0.717) is 31.1 Å². The molecule has 0 aromatic heterocycles. The van der Waals surface area contributed by atoms with Crippen LogP contribution in [0, 0.1) is 0 Å². The van der Waals surface area contributed by atoms with Crippen molar-refractivity contribution in [2.24, 2.45) is 0 Å². The van der Waals surface area contributed by atoms with Crippen LogP contribution in [0.15, 0.2) is 12.1 Å². The fourth-order valence-electron chi connectivity index (χ4n) is 1.45. The summed E-state index contributed by atoms with van der Waals surface area (Å²) < 4.78 is 10.7. The highest BCUT2D eigenvalue weighted by atomic mass is 16.5. The molecule has 5 heteroatoms. The third-order valence-electron chi connectivity index (χ3n) is 2.15. The van der Waals surface area contributed by atoms with E-state index >= 15 is 0 Å². The lowest BCUT2D eigenvalue weighted by molar-refractivity contribution is 0.0692. The lowest BCUT2D eigenvalue weighted by atomic mass is 10.1. The van der Waals surface area contributed by atoms with Crippen molar-refractivity contribution >= 4 is 11.7 Å². The minimum atomic E-state index is -1.04. The first-order valence-corrected chi connectivity index (χ1v) is 4.61. The van der Waals surface area contributed by atoms with Gasteiger partial charge in [0.2, 0.25) is 0 Å². The van der Waals surface area contributed by atoms with Crippen LogP contribution in [0.5, 0.6) is 11.5 Å². The predicted molar refractivity (Wildman–Crippen MR) is 53.4 cm³/mol. The van der Waals surface area contributed by atoms with Crippen molar-refractivity contribution in [1.82, 2.24) is 0 Å². The van der Waals surface area contributed by atoms with Crippen molar-refractivity contribution in [2.75, 3.05) is 18.9 Å². The van der Waals surface area contributed by atoms with E-state index in [1.165, 1.54) is 12.1 Å². The van der Waals surface area contributed by atoms with E-state index in [-0.39, 0.29) is 11.3 Å². The summed E-state index contributed by atoms with van der Waals surface area (Å²) in [6, 6.07) is 2.93. The van der Waals surface area contributed by atoms with Gasteiger partial charge in [-0.05, 0) is 12.1 Å². The highest BCUT2D eigenvalue weighted by Gasteiger charge is 2.21. The van der Waals surface area contributed by atoms with Crippen LogP contribution in [0.2, 0.25) is 0 Å². The van der Waals surface area contributed by atoms with Crippen LogP contribution in [-0.2, 0) is 0 Å². The molecule has 0 amide bonds. The van der Waals surface area contributed by atoms with E-state index in [1.54, 1.807) is 0 Å². The van der Waals surface area contributed by atoms with Crippen molar-refractivity contribution in [1.29, 1.82) is 0 Å². The Bertz CT molecular complexity index is 403. The number of fused-ring (bicyclic) bond motifs is 1. The van der Waals surface area contributed by atoms with E-state index in [1.807, 2.05) is 0 Å². The van der Waals surface area contributed by atoms with Crippen molar-refractivity contribution < 1.29 is 19.4 Å². The SMILES string of the molecule is Nc1ccc(C(=O)O)c2c1OCCCO2. The van der Waals surface area contributed by atoms with E-state index < -0.39 is 5.97 Å². The van der Waals surface area contributed by atoms with Crippen LogP contribution in [0.4, 0.5) is 5.69 Å². The van der Waals surface area contributed by atoms with Crippen molar-refractivity contribution in [3.05, 3.63) is 17.7 Å². The molecule has 0 aliphatic carbocycles. The van der Waals surface area contributed by atoms with Crippen LogP contribution in [0.3, 0.4) is 0 Å². The summed E-state index contributed by atoms with van der Waals surface area (Å²) in [5, 5.41) is 8.95. The van der Waals surface area contributed by atoms with Gasteiger partial charge in [0.15, 0.2) is 11.5 Å². The molecule has 1 aliphatic rings. The standard InChI is InChI=1S/C10H11NO4/c11-7-3-2-6(10(12)13)8-9(7)15-5-1-4-14-8/h2-3H,1,4-5,11H2,(H,12,13). The topological polar surface area (TPSA) is 81.8 Å². The van der Waals surface area contributed by atoms with E-state index in [2.05, 4.69) is 0 Å². The quantitative estimate of drug-likeness (QED) is 0.677. The Balaban J connectivity index is 2.56. The number of benzene rings is 1. The molecule has 1 aliphatic heterocycles. The molecule has 80 valence electrons. The number of carboxylic acids is 1. The summed E-state index contributed by atoms with van der Waals surface area (Å²) in [6.07, 6.45) is 0.715. The number of carbonyl (C=O) groups is 1. The van der Waals surface area contributed by atoms with E-state index in [9.17, 15) is 4.79 Å². The number of carboxylic acid groups (broad SMARTS) is 1. The maximum Gasteiger partial charge on any atom is 0.339 e. The molecular formula is C10H11NO4. The lowest BCUT2D eigenvalue weighted by Gasteiger charge is -2.11. The largest absolute Gasteiger partial charge is 0.489 e. The van der Waals surface area contributed by atoms with Crippen LogP contribution in [0.25, 0.3) is 0 Å². The van der Waals surface area contributed by atoms with Crippen LogP contribution < -0.4 is 15.2 Å². The molecule has 0 saturated heterocycles. The van der Waals surface area contributed by atoms with Crippen molar-refractivity contribution in [3.63, 3.8) is 0 Å². The molecule has 1 aromatic carbocycles. The summed E-state index contributed by atoms with van der Waals surface area (Å²) in [4.78, 5) is 10.9.